The van der Waals surface area contributed by atoms with Gasteiger partial charge in [0.25, 0.3) is 5.91 Å². The zero-order valence-corrected chi connectivity index (χ0v) is 15.3. The summed E-state index contributed by atoms with van der Waals surface area (Å²) >= 11 is 12.0. The van der Waals surface area contributed by atoms with Gasteiger partial charge in [-0.15, -0.1) is 0 Å². The number of nitrogens with zero attached hydrogens (tertiary/aromatic N) is 1. The van der Waals surface area contributed by atoms with E-state index in [4.69, 9.17) is 33.4 Å². The number of nitrogens with two attached hydrogens (primary N) is 1. The summed E-state index contributed by atoms with van der Waals surface area (Å²) in [5.41, 5.74) is 7.17. The first-order chi connectivity index (χ1) is 12.0. The van der Waals surface area contributed by atoms with E-state index in [1.807, 2.05) is 18.2 Å². The van der Waals surface area contributed by atoms with Crippen LogP contribution < -0.4 is 11.1 Å². The van der Waals surface area contributed by atoms with Crippen LogP contribution in [0.5, 0.6) is 0 Å². The number of piperidine rings is 1. The van der Waals surface area contributed by atoms with Crippen LogP contribution in [0.15, 0.2) is 34.9 Å². The molecule has 1 amide bonds. The Labute approximate surface area is 157 Å². The maximum absolute atomic E-state index is 12.2. The van der Waals surface area contributed by atoms with Crippen LogP contribution >= 0.6 is 23.2 Å². The van der Waals surface area contributed by atoms with Crippen molar-refractivity contribution in [3.05, 3.63) is 57.5 Å². The van der Waals surface area contributed by atoms with Crippen molar-refractivity contribution in [1.29, 1.82) is 0 Å². The van der Waals surface area contributed by atoms with Gasteiger partial charge in [0.1, 0.15) is 12.0 Å². The number of benzene rings is 1. The van der Waals surface area contributed by atoms with Gasteiger partial charge in [-0.25, -0.2) is 0 Å². The third-order valence-electron chi connectivity index (χ3n) is 4.43. The Morgan fingerprint density at radius 2 is 2.00 bits per heavy atom. The van der Waals surface area contributed by atoms with Gasteiger partial charge in [-0.2, -0.15) is 0 Å². The van der Waals surface area contributed by atoms with Gasteiger partial charge in [0.2, 0.25) is 0 Å². The number of hydrogen-bond acceptors (Lipinski definition) is 4. The zero-order chi connectivity index (χ0) is 17.8. The van der Waals surface area contributed by atoms with Crippen molar-refractivity contribution in [3.8, 4) is 0 Å². The van der Waals surface area contributed by atoms with Gasteiger partial charge >= 0.3 is 0 Å². The van der Waals surface area contributed by atoms with Crippen molar-refractivity contribution in [1.82, 2.24) is 10.2 Å². The lowest BCUT2D eigenvalue weighted by atomic mass is 10.0. The Bertz CT molecular complexity index is 740. The van der Waals surface area contributed by atoms with Crippen molar-refractivity contribution in [2.45, 2.75) is 32.0 Å². The highest BCUT2D eigenvalue weighted by Crippen LogP contribution is 2.24. The van der Waals surface area contributed by atoms with Crippen molar-refractivity contribution in [3.63, 3.8) is 0 Å². The van der Waals surface area contributed by atoms with Crippen molar-refractivity contribution in [2.24, 2.45) is 5.73 Å². The van der Waals surface area contributed by atoms with Gasteiger partial charge in [-0.3, -0.25) is 9.69 Å². The average Bonchev–Trinajstić information content (AvgIpc) is 3.09. The number of carbonyl (C=O) groups is 1. The van der Waals surface area contributed by atoms with Crippen LogP contribution in [0.2, 0.25) is 10.0 Å². The second-order valence-corrected chi connectivity index (χ2v) is 7.09. The van der Waals surface area contributed by atoms with Gasteiger partial charge in [0.05, 0.1) is 22.2 Å². The van der Waals surface area contributed by atoms with Crippen molar-refractivity contribution in [2.75, 3.05) is 13.1 Å². The quantitative estimate of drug-likeness (QED) is 0.831. The minimum atomic E-state index is -0.105. The molecule has 3 rings (SSSR count). The van der Waals surface area contributed by atoms with Crippen LogP contribution in [0.1, 0.15) is 34.5 Å². The monoisotopic (exact) mass is 381 g/mol. The van der Waals surface area contributed by atoms with E-state index in [0.717, 1.165) is 38.0 Å². The minimum Gasteiger partial charge on any atom is -0.467 e. The van der Waals surface area contributed by atoms with E-state index in [0.29, 0.717) is 27.9 Å². The van der Waals surface area contributed by atoms with Crippen LogP contribution in [-0.2, 0) is 13.1 Å². The molecule has 1 aromatic carbocycles. The Balaban J connectivity index is 1.48. The Morgan fingerprint density at radius 3 is 2.64 bits per heavy atom. The third kappa shape index (κ3) is 4.76. The number of hydrogen-bond donors (Lipinski definition) is 2. The molecule has 0 spiro atoms. The first-order valence-corrected chi connectivity index (χ1v) is 9.05. The predicted molar refractivity (Wildman–Crippen MR) is 98.8 cm³/mol. The standard InChI is InChI=1S/C18H21Cl2N3O2/c19-16-2-1-12(7-17(16)20)10-23-5-3-14(4-6-23)22-18(24)13-8-15(9-21)25-11-13/h1-2,7-8,11,14H,3-6,9-10,21H2,(H,22,24). The average molecular weight is 382 g/mol. The number of furan rings is 1. The lowest BCUT2D eigenvalue weighted by molar-refractivity contribution is 0.0908. The normalized spacial score (nSPS) is 16.1. The van der Waals surface area contributed by atoms with Crippen LogP contribution in [-0.4, -0.2) is 29.9 Å². The first-order valence-electron chi connectivity index (χ1n) is 8.30. The lowest BCUT2D eigenvalue weighted by Gasteiger charge is -2.32. The molecule has 0 bridgehead atoms. The van der Waals surface area contributed by atoms with E-state index >= 15 is 0 Å². The highest BCUT2D eigenvalue weighted by atomic mass is 35.5. The summed E-state index contributed by atoms with van der Waals surface area (Å²) < 4.78 is 5.21. The number of nitrogens with one attached hydrogen (secondary N) is 1. The predicted octanol–water partition coefficient (Wildman–Crippen LogP) is 3.44. The molecule has 3 N–H and O–H groups in total. The fourth-order valence-corrected chi connectivity index (χ4v) is 3.33. The first kappa shape index (κ1) is 18.3. The number of carbonyl (C=O) groups excluding carboxylic acids is 1. The van der Waals surface area contributed by atoms with Gasteiger partial charge in [0, 0.05) is 25.7 Å². The Morgan fingerprint density at radius 1 is 1.24 bits per heavy atom. The summed E-state index contributed by atoms with van der Waals surface area (Å²) in [7, 11) is 0. The largest absolute Gasteiger partial charge is 0.467 e. The van der Waals surface area contributed by atoms with E-state index in [1.54, 1.807) is 6.07 Å². The van der Waals surface area contributed by atoms with E-state index in [2.05, 4.69) is 10.2 Å². The van der Waals surface area contributed by atoms with Crippen molar-refractivity contribution < 1.29 is 9.21 Å². The Kier molecular flexibility index (Phi) is 6.02. The van der Waals surface area contributed by atoms with Gasteiger partial charge in [0.15, 0.2) is 0 Å². The number of amides is 1. The van der Waals surface area contributed by atoms with E-state index in [1.165, 1.54) is 6.26 Å². The summed E-state index contributed by atoms with van der Waals surface area (Å²) in [4.78, 5) is 14.6. The maximum Gasteiger partial charge on any atom is 0.254 e. The molecule has 0 atom stereocenters. The molecule has 2 aromatic rings. The van der Waals surface area contributed by atoms with Gasteiger partial charge in [-0.1, -0.05) is 29.3 Å². The van der Waals surface area contributed by atoms with Crippen molar-refractivity contribution >= 4 is 29.1 Å². The summed E-state index contributed by atoms with van der Waals surface area (Å²) in [5.74, 6) is 0.507. The molecule has 1 fully saturated rings. The molecule has 1 aliphatic rings. The van der Waals surface area contributed by atoms with Gasteiger partial charge in [-0.05, 0) is 36.6 Å². The molecule has 134 valence electrons. The maximum atomic E-state index is 12.2. The second-order valence-electron chi connectivity index (χ2n) is 6.28. The molecule has 1 aromatic heterocycles. The summed E-state index contributed by atoms with van der Waals surface area (Å²) in [5, 5.41) is 4.22. The fourth-order valence-electron chi connectivity index (χ4n) is 3.01. The highest BCUT2D eigenvalue weighted by Gasteiger charge is 2.22. The zero-order valence-electron chi connectivity index (χ0n) is 13.8. The van der Waals surface area contributed by atoms with E-state index in [-0.39, 0.29) is 11.9 Å². The second kappa shape index (κ2) is 8.23. The topological polar surface area (TPSA) is 71.5 Å². The van der Waals surface area contributed by atoms with Crippen LogP contribution in [0, 0.1) is 0 Å². The molecule has 25 heavy (non-hydrogen) atoms. The van der Waals surface area contributed by atoms with Crippen LogP contribution in [0.25, 0.3) is 0 Å². The number of rotatable bonds is 5. The summed E-state index contributed by atoms with van der Waals surface area (Å²) in [6.07, 6.45) is 3.28. The third-order valence-corrected chi connectivity index (χ3v) is 5.17. The molecule has 1 saturated heterocycles. The number of halogens is 2. The molecule has 7 heteroatoms. The molecule has 5 nitrogen and oxygen atoms in total. The Hall–Kier alpha value is -1.53. The lowest BCUT2D eigenvalue weighted by Crippen LogP contribution is -2.44. The van der Waals surface area contributed by atoms with E-state index in [9.17, 15) is 4.79 Å². The molecular formula is C18H21Cl2N3O2. The molecule has 0 radical (unpaired) electrons. The van der Waals surface area contributed by atoms with Gasteiger partial charge < -0.3 is 15.5 Å². The highest BCUT2D eigenvalue weighted by molar-refractivity contribution is 6.42. The van der Waals surface area contributed by atoms with Crippen LogP contribution in [0.3, 0.4) is 0 Å². The smallest absolute Gasteiger partial charge is 0.254 e. The molecule has 0 aliphatic carbocycles. The summed E-state index contributed by atoms with van der Waals surface area (Å²) in [6, 6.07) is 7.59. The molecule has 2 heterocycles. The fraction of sp³-hybridized carbons (Fsp3) is 0.389. The molecule has 1 aliphatic heterocycles. The summed E-state index contributed by atoms with van der Waals surface area (Å²) in [6.45, 7) is 2.97. The SMILES string of the molecule is NCc1cc(C(=O)NC2CCN(Cc3ccc(Cl)c(Cl)c3)CC2)co1. The molecule has 0 saturated carbocycles. The van der Waals surface area contributed by atoms with Crippen LogP contribution in [0.4, 0.5) is 0 Å². The molecular weight excluding hydrogens is 361 g/mol. The minimum absolute atomic E-state index is 0.105. The van der Waals surface area contributed by atoms with E-state index < -0.39 is 0 Å². The number of likely N-dealkylation sites (tertiary alicyclic amines) is 1. The molecule has 0 unspecified atom stereocenters.